The van der Waals surface area contributed by atoms with Crippen LogP contribution < -0.4 is 5.32 Å². The van der Waals surface area contributed by atoms with Gasteiger partial charge in [0.25, 0.3) is 0 Å². The summed E-state index contributed by atoms with van der Waals surface area (Å²) in [4.78, 5) is 17.4. The fourth-order valence-corrected chi connectivity index (χ4v) is 3.66. The molecule has 0 bridgehead atoms. The van der Waals surface area contributed by atoms with E-state index in [0.29, 0.717) is 17.9 Å². The predicted octanol–water partition coefficient (Wildman–Crippen LogP) is 1.71. The number of nitrogens with one attached hydrogen (secondary N) is 1. The second-order valence-electron chi connectivity index (χ2n) is 6.65. The smallest absolute Gasteiger partial charge is 0.239 e. The van der Waals surface area contributed by atoms with Crippen LogP contribution in [0.5, 0.6) is 0 Å². The molecule has 0 spiro atoms. The van der Waals surface area contributed by atoms with E-state index in [0.717, 1.165) is 39.1 Å². The number of carbonyl (C=O) groups is 1. The molecule has 20 heavy (non-hydrogen) atoms. The van der Waals surface area contributed by atoms with E-state index in [4.69, 9.17) is 0 Å². The maximum Gasteiger partial charge on any atom is 0.239 e. The Hall–Kier alpha value is -0.610. The summed E-state index contributed by atoms with van der Waals surface area (Å²) in [6.07, 6.45) is 4.62. The van der Waals surface area contributed by atoms with Crippen LogP contribution in [0, 0.1) is 5.92 Å². The van der Waals surface area contributed by atoms with Crippen molar-refractivity contribution in [3.8, 4) is 0 Å². The van der Waals surface area contributed by atoms with Gasteiger partial charge < -0.3 is 10.2 Å². The molecule has 1 unspecified atom stereocenters. The molecule has 2 rings (SSSR count). The zero-order chi connectivity index (χ0) is 14.5. The van der Waals surface area contributed by atoms with Crippen LogP contribution >= 0.6 is 0 Å². The Bertz CT molecular complexity index is 313. The average Bonchev–Trinajstić information content (AvgIpc) is 2.94. The van der Waals surface area contributed by atoms with Gasteiger partial charge in [0, 0.05) is 19.1 Å². The Morgan fingerprint density at radius 2 is 2.00 bits per heavy atom. The van der Waals surface area contributed by atoms with Gasteiger partial charge in [-0.05, 0) is 58.2 Å². The summed E-state index contributed by atoms with van der Waals surface area (Å²) >= 11 is 0. The van der Waals surface area contributed by atoms with Gasteiger partial charge in [0.1, 0.15) is 0 Å². The molecule has 4 nitrogen and oxygen atoms in total. The third-order valence-electron chi connectivity index (χ3n) is 4.64. The third kappa shape index (κ3) is 3.73. The minimum absolute atomic E-state index is 0.150. The molecular formula is C16H31N3O. The fraction of sp³-hybridized carbons (Fsp3) is 0.938. The number of amides is 1. The van der Waals surface area contributed by atoms with Crippen molar-refractivity contribution in [2.24, 2.45) is 5.92 Å². The maximum atomic E-state index is 12.8. The van der Waals surface area contributed by atoms with Gasteiger partial charge in [-0.25, -0.2) is 0 Å². The van der Waals surface area contributed by atoms with E-state index in [-0.39, 0.29) is 6.04 Å². The number of likely N-dealkylation sites (N-methyl/N-ethyl adjacent to an activating group) is 1. The standard InChI is InChI=1S/C16H31N3O/c1-4-18(12-13(2)3)16(20)15-6-5-11-19(15)14-7-9-17-10-8-14/h13-15,17H,4-12H2,1-3H3. The van der Waals surface area contributed by atoms with Crippen molar-refractivity contribution in [1.29, 1.82) is 0 Å². The molecule has 4 heteroatoms. The van der Waals surface area contributed by atoms with Crippen LogP contribution in [0.15, 0.2) is 0 Å². The molecule has 0 aromatic rings. The summed E-state index contributed by atoms with van der Waals surface area (Å²) in [6, 6.07) is 0.766. The van der Waals surface area contributed by atoms with E-state index in [1.165, 1.54) is 19.3 Å². The van der Waals surface area contributed by atoms with Crippen LogP contribution in [-0.4, -0.2) is 60.5 Å². The van der Waals surface area contributed by atoms with E-state index in [2.05, 4.69) is 35.9 Å². The van der Waals surface area contributed by atoms with E-state index in [1.807, 2.05) is 0 Å². The monoisotopic (exact) mass is 281 g/mol. The van der Waals surface area contributed by atoms with Gasteiger partial charge >= 0.3 is 0 Å². The van der Waals surface area contributed by atoms with E-state index in [1.54, 1.807) is 0 Å². The second-order valence-corrected chi connectivity index (χ2v) is 6.65. The fourth-order valence-electron chi connectivity index (χ4n) is 3.66. The lowest BCUT2D eigenvalue weighted by Crippen LogP contribution is -2.52. The summed E-state index contributed by atoms with van der Waals surface area (Å²) in [5, 5.41) is 3.42. The van der Waals surface area contributed by atoms with Gasteiger partial charge in [-0.1, -0.05) is 13.8 Å². The lowest BCUT2D eigenvalue weighted by Gasteiger charge is -2.37. The van der Waals surface area contributed by atoms with E-state index in [9.17, 15) is 4.79 Å². The highest BCUT2D eigenvalue weighted by atomic mass is 16.2. The summed E-state index contributed by atoms with van der Waals surface area (Å²) in [7, 11) is 0. The van der Waals surface area contributed by atoms with E-state index >= 15 is 0 Å². The Labute approximate surface area is 123 Å². The molecule has 0 aromatic carbocycles. The number of rotatable bonds is 5. The van der Waals surface area contributed by atoms with Gasteiger partial charge in [-0.3, -0.25) is 9.69 Å². The summed E-state index contributed by atoms with van der Waals surface area (Å²) in [6.45, 7) is 11.5. The molecule has 1 N–H and O–H groups in total. The highest BCUT2D eigenvalue weighted by Gasteiger charge is 2.37. The highest BCUT2D eigenvalue weighted by molar-refractivity contribution is 5.82. The summed E-state index contributed by atoms with van der Waals surface area (Å²) in [5.41, 5.74) is 0. The number of carbonyl (C=O) groups excluding carboxylic acids is 1. The van der Waals surface area contributed by atoms with Crippen molar-refractivity contribution in [3.63, 3.8) is 0 Å². The molecule has 2 saturated heterocycles. The van der Waals surface area contributed by atoms with Crippen LogP contribution in [0.2, 0.25) is 0 Å². The van der Waals surface area contributed by atoms with Crippen LogP contribution in [0.3, 0.4) is 0 Å². The first-order valence-electron chi connectivity index (χ1n) is 8.38. The number of nitrogens with zero attached hydrogens (tertiary/aromatic N) is 2. The second kappa shape index (κ2) is 7.41. The molecule has 1 amide bonds. The number of piperidine rings is 1. The summed E-state index contributed by atoms with van der Waals surface area (Å²) < 4.78 is 0. The van der Waals surface area contributed by atoms with Crippen molar-refractivity contribution in [2.45, 2.75) is 58.5 Å². The first-order valence-corrected chi connectivity index (χ1v) is 8.38. The normalized spacial score (nSPS) is 25.3. The van der Waals surface area contributed by atoms with Gasteiger partial charge in [0.2, 0.25) is 5.91 Å². The van der Waals surface area contributed by atoms with E-state index < -0.39 is 0 Å². The minimum Gasteiger partial charge on any atom is -0.341 e. The predicted molar refractivity (Wildman–Crippen MR) is 82.7 cm³/mol. The number of hydrogen-bond donors (Lipinski definition) is 1. The molecule has 0 aromatic heterocycles. The molecule has 0 radical (unpaired) electrons. The Kier molecular flexibility index (Phi) is 5.85. The van der Waals surface area contributed by atoms with Crippen LogP contribution in [0.1, 0.15) is 46.5 Å². The molecule has 2 fully saturated rings. The average molecular weight is 281 g/mol. The Morgan fingerprint density at radius 1 is 1.30 bits per heavy atom. The van der Waals surface area contributed by atoms with Crippen molar-refractivity contribution in [3.05, 3.63) is 0 Å². The summed E-state index contributed by atoms with van der Waals surface area (Å²) in [5.74, 6) is 0.921. The number of hydrogen-bond acceptors (Lipinski definition) is 3. The van der Waals surface area contributed by atoms with Crippen molar-refractivity contribution in [1.82, 2.24) is 15.1 Å². The quantitative estimate of drug-likeness (QED) is 0.833. The topological polar surface area (TPSA) is 35.6 Å². The molecule has 1 atom stereocenters. The Balaban J connectivity index is 1.99. The lowest BCUT2D eigenvalue weighted by molar-refractivity contribution is -0.137. The van der Waals surface area contributed by atoms with Gasteiger partial charge in [0.05, 0.1) is 6.04 Å². The van der Waals surface area contributed by atoms with Crippen LogP contribution in [-0.2, 0) is 4.79 Å². The molecule has 2 heterocycles. The van der Waals surface area contributed by atoms with Gasteiger partial charge in [0.15, 0.2) is 0 Å². The van der Waals surface area contributed by atoms with Gasteiger partial charge in [-0.15, -0.1) is 0 Å². The van der Waals surface area contributed by atoms with Crippen LogP contribution in [0.25, 0.3) is 0 Å². The third-order valence-corrected chi connectivity index (χ3v) is 4.64. The SMILES string of the molecule is CCN(CC(C)C)C(=O)C1CCCN1C1CCNCC1. The molecule has 2 aliphatic rings. The highest BCUT2D eigenvalue weighted by Crippen LogP contribution is 2.26. The van der Waals surface area contributed by atoms with Crippen LogP contribution in [0.4, 0.5) is 0 Å². The lowest BCUT2D eigenvalue weighted by atomic mass is 10.0. The van der Waals surface area contributed by atoms with Crippen molar-refractivity contribution < 1.29 is 4.79 Å². The zero-order valence-corrected chi connectivity index (χ0v) is 13.4. The zero-order valence-electron chi connectivity index (χ0n) is 13.4. The molecular weight excluding hydrogens is 250 g/mol. The molecule has 116 valence electrons. The molecule has 2 aliphatic heterocycles. The van der Waals surface area contributed by atoms with Crippen molar-refractivity contribution in [2.75, 3.05) is 32.7 Å². The number of likely N-dealkylation sites (tertiary alicyclic amines) is 1. The largest absolute Gasteiger partial charge is 0.341 e. The first kappa shape index (κ1) is 15.8. The maximum absolute atomic E-state index is 12.8. The Morgan fingerprint density at radius 3 is 2.60 bits per heavy atom. The molecule has 0 saturated carbocycles. The first-order chi connectivity index (χ1) is 9.63. The van der Waals surface area contributed by atoms with Crippen molar-refractivity contribution >= 4 is 5.91 Å². The minimum atomic E-state index is 0.150. The molecule has 0 aliphatic carbocycles. The van der Waals surface area contributed by atoms with Gasteiger partial charge in [-0.2, -0.15) is 0 Å².